The van der Waals surface area contributed by atoms with Crippen molar-refractivity contribution in [2.24, 2.45) is 0 Å². The average molecular weight is 336 g/mol. The van der Waals surface area contributed by atoms with Crippen LogP contribution in [0.15, 0.2) is 35.5 Å². The highest BCUT2D eigenvalue weighted by Crippen LogP contribution is 2.31. The lowest BCUT2D eigenvalue weighted by atomic mass is 9.88. The molecule has 1 aliphatic carbocycles. The molecule has 1 aliphatic rings. The van der Waals surface area contributed by atoms with E-state index in [0.717, 1.165) is 24.8 Å². The third-order valence-electron chi connectivity index (χ3n) is 3.67. The lowest BCUT2D eigenvalue weighted by Gasteiger charge is -2.31. The first-order valence-electron chi connectivity index (χ1n) is 7.81. The fraction of sp³-hybridized carbons (Fsp3) is 0.500. The zero-order chi connectivity index (χ0) is 18.5. The van der Waals surface area contributed by atoms with Crippen molar-refractivity contribution < 1.29 is 28.6 Å². The summed E-state index contributed by atoms with van der Waals surface area (Å²) < 4.78 is 15.5. The van der Waals surface area contributed by atoms with Gasteiger partial charge < -0.3 is 14.2 Å². The SMILES string of the molecule is C=C(C)C(=O)OC(CC)(OC(=O)C(=C)C)OC(=O)C(C)=C1CCC1. The van der Waals surface area contributed by atoms with Gasteiger partial charge in [0.1, 0.15) is 0 Å². The van der Waals surface area contributed by atoms with Crippen LogP contribution in [0.2, 0.25) is 0 Å². The maximum Gasteiger partial charge on any atom is 0.423 e. The van der Waals surface area contributed by atoms with Crippen LogP contribution in [-0.2, 0) is 28.6 Å². The number of rotatable bonds is 7. The Morgan fingerprint density at radius 2 is 1.33 bits per heavy atom. The number of carbonyl (C=O) groups excluding carboxylic acids is 3. The second-order valence-corrected chi connectivity index (χ2v) is 5.85. The Balaban J connectivity index is 3.07. The first-order valence-corrected chi connectivity index (χ1v) is 7.81. The van der Waals surface area contributed by atoms with Gasteiger partial charge in [-0.25, -0.2) is 14.4 Å². The van der Waals surface area contributed by atoms with E-state index in [1.807, 2.05) is 0 Å². The lowest BCUT2D eigenvalue weighted by Crippen LogP contribution is -2.44. The van der Waals surface area contributed by atoms with Gasteiger partial charge in [0.25, 0.3) is 0 Å². The minimum atomic E-state index is -2.14. The van der Waals surface area contributed by atoms with E-state index in [4.69, 9.17) is 14.2 Å². The molecule has 0 bridgehead atoms. The zero-order valence-corrected chi connectivity index (χ0v) is 14.7. The molecule has 6 heteroatoms. The van der Waals surface area contributed by atoms with Crippen molar-refractivity contribution in [3.8, 4) is 0 Å². The predicted octanol–water partition coefficient (Wildman–Crippen LogP) is 3.33. The van der Waals surface area contributed by atoms with Gasteiger partial charge in [-0.1, -0.05) is 25.7 Å². The molecule has 0 aromatic carbocycles. The average Bonchev–Trinajstić information content (AvgIpc) is 2.44. The summed E-state index contributed by atoms with van der Waals surface area (Å²) in [5, 5.41) is 0. The highest BCUT2D eigenvalue weighted by molar-refractivity contribution is 5.91. The Bertz CT molecular complexity index is 577. The highest BCUT2D eigenvalue weighted by Gasteiger charge is 2.43. The van der Waals surface area contributed by atoms with Crippen molar-refractivity contribution >= 4 is 17.9 Å². The normalized spacial score (nSPS) is 13.4. The molecule has 1 rings (SSSR count). The standard InChI is InChI=1S/C18H24O6/c1-7-18(22-15(19)11(2)3,23-16(20)12(4)5)24-17(21)13(6)14-9-8-10-14/h2,4,7-10H2,1,3,5-6H3. The summed E-state index contributed by atoms with van der Waals surface area (Å²) in [6, 6.07) is 0. The van der Waals surface area contributed by atoms with Gasteiger partial charge in [0, 0.05) is 16.7 Å². The Hall–Kier alpha value is -2.37. The monoisotopic (exact) mass is 336 g/mol. The molecule has 0 radical (unpaired) electrons. The fourth-order valence-electron chi connectivity index (χ4n) is 1.83. The molecule has 0 N–H and O–H groups in total. The van der Waals surface area contributed by atoms with Crippen LogP contribution < -0.4 is 0 Å². The summed E-state index contributed by atoms with van der Waals surface area (Å²) in [5.74, 6) is -4.48. The molecule has 0 saturated heterocycles. The topological polar surface area (TPSA) is 78.9 Å². The second-order valence-electron chi connectivity index (χ2n) is 5.85. The van der Waals surface area contributed by atoms with Crippen molar-refractivity contribution in [3.05, 3.63) is 35.5 Å². The minimum Gasteiger partial charge on any atom is -0.385 e. The number of ether oxygens (including phenoxy) is 3. The summed E-state index contributed by atoms with van der Waals surface area (Å²) in [5.41, 5.74) is 1.60. The summed E-state index contributed by atoms with van der Waals surface area (Å²) in [4.78, 5) is 36.1. The molecule has 1 fully saturated rings. The molecule has 24 heavy (non-hydrogen) atoms. The number of allylic oxidation sites excluding steroid dienone is 1. The molecule has 0 atom stereocenters. The van der Waals surface area contributed by atoms with Gasteiger partial charge >= 0.3 is 23.9 Å². The number of esters is 3. The Morgan fingerprint density at radius 1 is 0.917 bits per heavy atom. The van der Waals surface area contributed by atoms with Crippen LogP contribution in [0.1, 0.15) is 53.4 Å². The van der Waals surface area contributed by atoms with E-state index < -0.39 is 23.9 Å². The molecule has 0 amide bonds. The first-order chi connectivity index (χ1) is 11.1. The number of hydrogen-bond acceptors (Lipinski definition) is 6. The molecule has 0 aromatic rings. The third kappa shape index (κ3) is 4.81. The predicted molar refractivity (Wildman–Crippen MR) is 87.5 cm³/mol. The highest BCUT2D eigenvalue weighted by atomic mass is 16.9. The maximum absolute atomic E-state index is 12.3. The molecule has 132 valence electrons. The molecule has 1 saturated carbocycles. The van der Waals surface area contributed by atoms with E-state index in [2.05, 4.69) is 13.2 Å². The lowest BCUT2D eigenvalue weighted by molar-refractivity contribution is -0.326. The number of hydrogen-bond donors (Lipinski definition) is 0. The molecule has 0 unspecified atom stereocenters. The van der Waals surface area contributed by atoms with E-state index in [0.29, 0.717) is 5.57 Å². The van der Waals surface area contributed by atoms with Crippen molar-refractivity contribution in [2.45, 2.75) is 59.4 Å². The van der Waals surface area contributed by atoms with Gasteiger partial charge in [0.05, 0.1) is 6.42 Å². The van der Waals surface area contributed by atoms with Gasteiger partial charge in [0.2, 0.25) is 0 Å². The van der Waals surface area contributed by atoms with Crippen molar-refractivity contribution in [1.29, 1.82) is 0 Å². The summed E-state index contributed by atoms with van der Waals surface area (Å²) in [7, 11) is 0. The van der Waals surface area contributed by atoms with E-state index in [1.165, 1.54) is 13.8 Å². The quantitative estimate of drug-likeness (QED) is 0.403. The van der Waals surface area contributed by atoms with Crippen LogP contribution in [0.3, 0.4) is 0 Å². The van der Waals surface area contributed by atoms with Crippen molar-refractivity contribution in [2.75, 3.05) is 0 Å². The Morgan fingerprint density at radius 3 is 1.62 bits per heavy atom. The molecular weight excluding hydrogens is 312 g/mol. The number of carbonyl (C=O) groups is 3. The summed E-state index contributed by atoms with van der Waals surface area (Å²) in [6.45, 7) is 13.0. The fourth-order valence-corrected chi connectivity index (χ4v) is 1.83. The van der Waals surface area contributed by atoms with Crippen molar-refractivity contribution in [3.63, 3.8) is 0 Å². The van der Waals surface area contributed by atoms with E-state index in [1.54, 1.807) is 13.8 Å². The largest absolute Gasteiger partial charge is 0.423 e. The molecule has 6 nitrogen and oxygen atoms in total. The van der Waals surface area contributed by atoms with Crippen LogP contribution in [0.5, 0.6) is 0 Å². The first kappa shape index (κ1) is 19.7. The smallest absolute Gasteiger partial charge is 0.385 e. The van der Waals surface area contributed by atoms with Gasteiger partial charge in [0.15, 0.2) is 0 Å². The molecule has 0 spiro atoms. The van der Waals surface area contributed by atoms with Crippen LogP contribution >= 0.6 is 0 Å². The molecular formula is C18H24O6. The van der Waals surface area contributed by atoms with Gasteiger partial charge in [-0.05, 0) is 40.0 Å². The summed E-state index contributed by atoms with van der Waals surface area (Å²) in [6.07, 6.45) is 2.61. The zero-order valence-electron chi connectivity index (χ0n) is 14.7. The van der Waals surface area contributed by atoms with Gasteiger partial charge in [-0.3, -0.25) is 0 Å². The minimum absolute atomic E-state index is 0.0700. The molecule has 0 aromatic heterocycles. The Labute approximate surface area is 142 Å². The van der Waals surface area contributed by atoms with Gasteiger partial charge in [-0.15, -0.1) is 0 Å². The third-order valence-corrected chi connectivity index (χ3v) is 3.67. The van der Waals surface area contributed by atoms with E-state index in [9.17, 15) is 14.4 Å². The Kier molecular flexibility index (Phi) is 6.51. The maximum atomic E-state index is 12.3. The van der Waals surface area contributed by atoms with E-state index in [-0.39, 0.29) is 17.6 Å². The van der Waals surface area contributed by atoms with Crippen LogP contribution in [0, 0.1) is 0 Å². The van der Waals surface area contributed by atoms with Crippen LogP contribution in [-0.4, -0.2) is 23.9 Å². The molecule has 0 aliphatic heterocycles. The van der Waals surface area contributed by atoms with Gasteiger partial charge in [-0.2, -0.15) is 0 Å². The van der Waals surface area contributed by atoms with Crippen molar-refractivity contribution in [1.82, 2.24) is 0 Å². The molecule has 0 heterocycles. The second kappa shape index (κ2) is 7.95. The van der Waals surface area contributed by atoms with Crippen LogP contribution in [0.4, 0.5) is 0 Å². The summed E-state index contributed by atoms with van der Waals surface area (Å²) >= 11 is 0. The van der Waals surface area contributed by atoms with E-state index >= 15 is 0 Å². The van der Waals surface area contributed by atoms with Crippen LogP contribution in [0.25, 0.3) is 0 Å².